The Bertz CT molecular complexity index is 1060. The summed E-state index contributed by atoms with van der Waals surface area (Å²) in [7, 11) is 1.26. The minimum absolute atomic E-state index is 0.0433. The maximum absolute atomic E-state index is 12.9. The molecule has 2 heterocycles. The van der Waals surface area contributed by atoms with Crippen molar-refractivity contribution in [3.63, 3.8) is 0 Å². The maximum Gasteiger partial charge on any atom is 0.373 e. The maximum atomic E-state index is 12.9. The number of esters is 1. The first-order valence-electron chi connectivity index (χ1n) is 7.87. The van der Waals surface area contributed by atoms with Gasteiger partial charge in [-0.05, 0) is 42.0 Å². The zero-order valence-electron chi connectivity index (χ0n) is 14.5. The van der Waals surface area contributed by atoms with E-state index in [2.05, 4.69) is 20.0 Å². The Morgan fingerprint density at radius 1 is 1.43 bits per heavy atom. The summed E-state index contributed by atoms with van der Waals surface area (Å²) < 4.78 is 42.1. The van der Waals surface area contributed by atoms with Crippen molar-refractivity contribution in [3.05, 3.63) is 64.1 Å². The van der Waals surface area contributed by atoms with Gasteiger partial charge in [0.15, 0.2) is 0 Å². The van der Waals surface area contributed by atoms with E-state index in [0.29, 0.717) is 17.1 Å². The van der Waals surface area contributed by atoms with E-state index in [1.54, 1.807) is 30.3 Å². The van der Waals surface area contributed by atoms with E-state index < -0.39 is 18.2 Å². The van der Waals surface area contributed by atoms with E-state index in [1.165, 1.54) is 19.4 Å². The fourth-order valence-corrected chi connectivity index (χ4v) is 2.37. The molecule has 11 heteroatoms. The molecule has 0 spiro atoms. The highest BCUT2D eigenvalue weighted by atomic mass is 32.1. The van der Waals surface area contributed by atoms with Gasteiger partial charge in [0.05, 0.1) is 13.3 Å². The summed E-state index contributed by atoms with van der Waals surface area (Å²) in [5, 5.41) is 9.65. The molecule has 146 valence electrons. The molecule has 0 atom stereocenters. The number of halogens is 2. The number of carbonyl (C=O) groups excluding carboxylic acids is 1. The third-order valence-corrected chi connectivity index (χ3v) is 3.74. The second-order valence-electron chi connectivity index (χ2n) is 5.36. The monoisotopic (exact) mass is 408 g/mol. The molecular formula is C17H14F2N4O4S. The molecule has 0 saturated heterocycles. The number of hydrogen-bond acceptors (Lipinski definition) is 7. The predicted molar refractivity (Wildman–Crippen MR) is 96.2 cm³/mol. The van der Waals surface area contributed by atoms with E-state index in [1.807, 2.05) is 0 Å². The van der Waals surface area contributed by atoms with Gasteiger partial charge in [-0.1, -0.05) is 12.1 Å². The Labute approximate surface area is 162 Å². The molecule has 0 aliphatic heterocycles. The fourth-order valence-electron chi connectivity index (χ4n) is 2.19. The second kappa shape index (κ2) is 8.57. The molecule has 0 unspecified atom stereocenters. The van der Waals surface area contributed by atoms with Gasteiger partial charge in [0.25, 0.3) is 6.43 Å². The number of alkyl halides is 2. The fraction of sp³-hybridized carbons (Fsp3) is 0.176. The summed E-state index contributed by atoms with van der Waals surface area (Å²) in [6.07, 6.45) is -1.46. The Morgan fingerprint density at radius 2 is 2.25 bits per heavy atom. The van der Waals surface area contributed by atoms with Crippen LogP contribution in [0.1, 0.15) is 34.1 Å². The summed E-state index contributed by atoms with van der Waals surface area (Å²) in [5.41, 5.74) is 0.593. The SMILES string of the molecule is COC(=O)c1ccc(COc2cccc(/C=N/n3c(C(F)F)n[nH]c3=S)c2)o1. The van der Waals surface area contributed by atoms with Crippen LogP contribution in [-0.4, -0.2) is 34.2 Å². The number of rotatable bonds is 7. The average Bonchev–Trinajstić information content (AvgIpc) is 3.31. The van der Waals surface area contributed by atoms with Crippen LogP contribution in [0.4, 0.5) is 8.78 Å². The quantitative estimate of drug-likeness (QED) is 0.364. The number of nitrogens with zero attached hydrogens (tertiary/aromatic N) is 3. The highest BCUT2D eigenvalue weighted by Gasteiger charge is 2.16. The second-order valence-corrected chi connectivity index (χ2v) is 5.75. The van der Waals surface area contributed by atoms with Crippen molar-refractivity contribution in [2.75, 3.05) is 7.11 Å². The first kappa shape index (κ1) is 19.4. The molecule has 0 aliphatic rings. The van der Waals surface area contributed by atoms with Crippen molar-refractivity contribution >= 4 is 24.4 Å². The number of carbonyl (C=O) groups is 1. The third kappa shape index (κ3) is 4.49. The lowest BCUT2D eigenvalue weighted by Crippen LogP contribution is -2.00. The zero-order chi connectivity index (χ0) is 20.1. The van der Waals surface area contributed by atoms with Crippen LogP contribution in [0.25, 0.3) is 0 Å². The van der Waals surface area contributed by atoms with Gasteiger partial charge in [-0.2, -0.15) is 14.9 Å². The average molecular weight is 408 g/mol. The molecule has 0 saturated carbocycles. The topological polar surface area (TPSA) is 94.6 Å². The van der Waals surface area contributed by atoms with Gasteiger partial charge >= 0.3 is 5.97 Å². The van der Waals surface area contributed by atoms with Crippen LogP contribution >= 0.6 is 12.2 Å². The minimum atomic E-state index is -2.82. The number of H-pyrrole nitrogens is 1. The molecule has 1 N–H and O–H groups in total. The van der Waals surface area contributed by atoms with E-state index in [0.717, 1.165) is 4.68 Å². The van der Waals surface area contributed by atoms with E-state index in [-0.39, 0.29) is 17.1 Å². The first-order valence-corrected chi connectivity index (χ1v) is 8.28. The van der Waals surface area contributed by atoms with Crippen LogP contribution in [0.3, 0.4) is 0 Å². The lowest BCUT2D eigenvalue weighted by atomic mass is 10.2. The molecule has 8 nitrogen and oxygen atoms in total. The van der Waals surface area contributed by atoms with Crippen molar-refractivity contribution in [1.29, 1.82) is 0 Å². The lowest BCUT2D eigenvalue weighted by molar-refractivity contribution is 0.0561. The van der Waals surface area contributed by atoms with Crippen LogP contribution in [0.15, 0.2) is 45.9 Å². The van der Waals surface area contributed by atoms with Gasteiger partial charge in [-0.15, -0.1) is 0 Å². The molecule has 0 aliphatic carbocycles. The Kier molecular flexibility index (Phi) is 5.94. The molecule has 28 heavy (non-hydrogen) atoms. The van der Waals surface area contributed by atoms with Gasteiger partial charge < -0.3 is 13.9 Å². The Morgan fingerprint density at radius 3 is 3.00 bits per heavy atom. The lowest BCUT2D eigenvalue weighted by Gasteiger charge is -2.05. The number of benzene rings is 1. The largest absolute Gasteiger partial charge is 0.486 e. The number of aromatic nitrogens is 3. The van der Waals surface area contributed by atoms with Gasteiger partial charge in [-0.3, -0.25) is 0 Å². The number of hydrogen-bond donors (Lipinski definition) is 1. The molecule has 1 aromatic carbocycles. The van der Waals surface area contributed by atoms with E-state index >= 15 is 0 Å². The molecule has 0 amide bonds. The van der Waals surface area contributed by atoms with E-state index in [9.17, 15) is 13.6 Å². The number of furan rings is 1. The molecule has 0 radical (unpaired) electrons. The van der Waals surface area contributed by atoms with Gasteiger partial charge in [-0.25, -0.2) is 18.7 Å². The first-order chi connectivity index (χ1) is 13.5. The number of nitrogens with one attached hydrogen (secondary N) is 1. The van der Waals surface area contributed by atoms with Crippen LogP contribution in [0.5, 0.6) is 5.75 Å². The summed E-state index contributed by atoms with van der Waals surface area (Å²) in [5.74, 6) is -0.150. The summed E-state index contributed by atoms with van der Waals surface area (Å²) >= 11 is 4.89. The van der Waals surface area contributed by atoms with Crippen LogP contribution in [-0.2, 0) is 11.3 Å². The summed E-state index contributed by atoms with van der Waals surface area (Å²) in [4.78, 5) is 11.4. The summed E-state index contributed by atoms with van der Waals surface area (Å²) in [6.45, 7) is 0.0832. The van der Waals surface area contributed by atoms with Crippen molar-refractivity contribution in [2.24, 2.45) is 5.10 Å². The van der Waals surface area contributed by atoms with Gasteiger partial charge in [0.2, 0.25) is 16.4 Å². The van der Waals surface area contributed by atoms with Crippen molar-refractivity contribution in [3.8, 4) is 5.75 Å². The van der Waals surface area contributed by atoms with Crippen LogP contribution in [0, 0.1) is 4.77 Å². The number of methoxy groups -OCH3 is 1. The van der Waals surface area contributed by atoms with Crippen molar-refractivity contribution < 1.29 is 27.5 Å². The Hall–Kier alpha value is -3.34. The molecule has 3 rings (SSSR count). The highest BCUT2D eigenvalue weighted by Crippen LogP contribution is 2.18. The predicted octanol–water partition coefficient (Wildman–Crippen LogP) is 3.72. The highest BCUT2D eigenvalue weighted by molar-refractivity contribution is 7.71. The van der Waals surface area contributed by atoms with Crippen LogP contribution in [0.2, 0.25) is 0 Å². The standard InChI is InChI=1S/C17H14F2N4O4S/c1-25-16(24)13-6-5-12(27-13)9-26-11-4-2-3-10(7-11)8-20-23-15(14(18)19)21-22-17(23)28/h2-8,14H,9H2,1H3,(H,22,28)/b20-8+. The molecule has 0 fully saturated rings. The number of ether oxygens (including phenoxy) is 2. The number of aromatic amines is 1. The van der Waals surface area contributed by atoms with Gasteiger partial charge in [0, 0.05) is 0 Å². The molecule has 3 aromatic rings. The van der Waals surface area contributed by atoms with Crippen molar-refractivity contribution in [1.82, 2.24) is 14.9 Å². The summed E-state index contributed by atoms with van der Waals surface area (Å²) in [6, 6.07) is 9.87. The Balaban J connectivity index is 1.69. The molecular weight excluding hydrogens is 394 g/mol. The molecule has 0 bridgehead atoms. The zero-order valence-corrected chi connectivity index (χ0v) is 15.3. The minimum Gasteiger partial charge on any atom is -0.486 e. The molecule has 2 aromatic heterocycles. The smallest absolute Gasteiger partial charge is 0.373 e. The van der Waals surface area contributed by atoms with Crippen LogP contribution < -0.4 is 4.74 Å². The normalized spacial score (nSPS) is 11.3. The van der Waals surface area contributed by atoms with Gasteiger partial charge in [0.1, 0.15) is 18.1 Å². The third-order valence-electron chi connectivity index (χ3n) is 3.48. The van der Waals surface area contributed by atoms with Crippen molar-refractivity contribution in [2.45, 2.75) is 13.0 Å². The van der Waals surface area contributed by atoms with E-state index in [4.69, 9.17) is 21.4 Å².